The Morgan fingerprint density at radius 3 is 2.45 bits per heavy atom. The summed E-state index contributed by atoms with van der Waals surface area (Å²) in [6.45, 7) is 4.92. The molecule has 1 aliphatic heterocycles. The van der Waals surface area contributed by atoms with Gasteiger partial charge >= 0.3 is 5.97 Å². The van der Waals surface area contributed by atoms with E-state index in [1.807, 2.05) is 37.3 Å². The van der Waals surface area contributed by atoms with Gasteiger partial charge in [-0.05, 0) is 49.1 Å². The van der Waals surface area contributed by atoms with Gasteiger partial charge < -0.3 is 10.5 Å². The number of carbonyl (C=O) groups is 2. The van der Waals surface area contributed by atoms with Crippen LogP contribution in [0.5, 0.6) is 0 Å². The number of nitrogens with two attached hydrogens (primary N) is 1. The van der Waals surface area contributed by atoms with E-state index < -0.39 is 34.0 Å². The van der Waals surface area contributed by atoms with Crippen molar-refractivity contribution in [1.29, 1.82) is 0 Å². The van der Waals surface area contributed by atoms with Crippen LogP contribution in [0.25, 0.3) is 0 Å². The molecule has 1 amide bonds. The Morgan fingerprint density at radius 2 is 1.79 bits per heavy atom. The maximum atomic E-state index is 13.5. The molecule has 7 nitrogen and oxygen atoms in total. The zero-order chi connectivity index (χ0) is 21.3. The lowest BCUT2D eigenvalue weighted by Gasteiger charge is -2.35. The molecule has 0 radical (unpaired) electrons. The normalized spacial score (nSPS) is 18.0. The van der Waals surface area contributed by atoms with E-state index in [-0.39, 0.29) is 17.9 Å². The molecule has 29 heavy (non-hydrogen) atoms. The molecule has 0 saturated carbocycles. The fourth-order valence-corrected chi connectivity index (χ4v) is 5.24. The summed E-state index contributed by atoms with van der Waals surface area (Å²) in [5, 5.41) is 0. The van der Waals surface area contributed by atoms with Gasteiger partial charge in [0.05, 0.1) is 4.90 Å². The number of fused-ring (bicyclic) bond motifs is 1. The molecular weight excluding hydrogens is 392 g/mol. The van der Waals surface area contributed by atoms with Crippen molar-refractivity contribution in [2.45, 2.75) is 50.8 Å². The predicted octanol–water partition coefficient (Wildman–Crippen LogP) is 1.84. The van der Waals surface area contributed by atoms with Crippen molar-refractivity contribution in [2.75, 3.05) is 0 Å². The topological polar surface area (TPSA) is 107 Å². The number of hydrogen-bond acceptors (Lipinski definition) is 5. The highest BCUT2D eigenvalue weighted by Crippen LogP contribution is 2.31. The molecule has 0 saturated heterocycles. The number of nitrogens with zero attached hydrogens (tertiary/aromatic N) is 1. The van der Waals surface area contributed by atoms with Crippen LogP contribution in [0, 0.1) is 13.8 Å². The molecule has 1 aliphatic rings. The second-order valence-electron chi connectivity index (χ2n) is 7.29. The van der Waals surface area contributed by atoms with Gasteiger partial charge in [-0.15, -0.1) is 0 Å². The highest BCUT2D eigenvalue weighted by Gasteiger charge is 2.41. The third-order valence-corrected chi connectivity index (χ3v) is 7.10. The second kappa shape index (κ2) is 7.96. The van der Waals surface area contributed by atoms with Crippen molar-refractivity contribution in [3.8, 4) is 0 Å². The summed E-state index contributed by atoms with van der Waals surface area (Å²) in [4.78, 5) is 24.3. The van der Waals surface area contributed by atoms with E-state index in [0.717, 1.165) is 21.0 Å². The van der Waals surface area contributed by atoms with Crippen LogP contribution in [0.3, 0.4) is 0 Å². The van der Waals surface area contributed by atoms with Crippen LogP contribution in [-0.4, -0.2) is 36.7 Å². The summed E-state index contributed by atoms with van der Waals surface area (Å²) in [5.41, 5.74) is 8.28. The molecule has 8 heteroatoms. The molecule has 2 aromatic rings. The van der Waals surface area contributed by atoms with Crippen LogP contribution >= 0.6 is 0 Å². The smallest absolute Gasteiger partial charge is 0.325 e. The lowest BCUT2D eigenvalue weighted by atomic mass is 9.96. The van der Waals surface area contributed by atoms with E-state index >= 15 is 0 Å². The molecule has 0 aromatic heterocycles. The molecule has 2 atom stereocenters. The first kappa shape index (κ1) is 21.0. The molecule has 1 heterocycles. The van der Waals surface area contributed by atoms with Crippen molar-refractivity contribution in [2.24, 2.45) is 5.73 Å². The molecule has 2 aromatic carbocycles. The van der Waals surface area contributed by atoms with Gasteiger partial charge in [-0.1, -0.05) is 36.4 Å². The summed E-state index contributed by atoms with van der Waals surface area (Å²) in [6, 6.07) is 11.4. The van der Waals surface area contributed by atoms with E-state index in [2.05, 4.69) is 0 Å². The number of primary amides is 1. The molecule has 0 fully saturated rings. The van der Waals surface area contributed by atoms with Gasteiger partial charge in [0.1, 0.15) is 6.04 Å². The van der Waals surface area contributed by atoms with Crippen LogP contribution < -0.4 is 5.73 Å². The summed E-state index contributed by atoms with van der Waals surface area (Å²) >= 11 is 0. The number of benzene rings is 2. The maximum absolute atomic E-state index is 13.5. The second-order valence-corrected chi connectivity index (χ2v) is 9.15. The number of carbonyl (C=O) groups excluding carboxylic acids is 2. The Morgan fingerprint density at radius 1 is 1.14 bits per heavy atom. The van der Waals surface area contributed by atoms with Crippen LogP contribution in [0.1, 0.15) is 29.2 Å². The summed E-state index contributed by atoms with van der Waals surface area (Å²) in [7, 11) is -3.99. The number of rotatable bonds is 5. The zero-order valence-corrected chi connectivity index (χ0v) is 17.4. The standard InChI is InChI=1S/C21H24N2O5S/c1-13-8-9-14(2)19(10-13)29(26,27)23-12-17-7-5-4-6-16(17)11-18(23)21(25)28-15(3)20(22)24/h4-10,15,18H,11-12H2,1-3H3,(H2,22,24). The van der Waals surface area contributed by atoms with Gasteiger partial charge in [0.15, 0.2) is 6.10 Å². The Kier molecular flexibility index (Phi) is 5.77. The van der Waals surface area contributed by atoms with Gasteiger partial charge in [0, 0.05) is 13.0 Å². The number of amides is 1. The largest absolute Gasteiger partial charge is 0.451 e. The van der Waals surface area contributed by atoms with Crippen molar-refractivity contribution in [3.05, 3.63) is 64.7 Å². The number of esters is 1. The molecule has 2 unspecified atom stereocenters. The van der Waals surface area contributed by atoms with E-state index in [0.29, 0.717) is 5.56 Å². The molecule has 2 N–H and O–H groups in total. The molecule has 0 spiro atoms. The molecule has 154 valence electrons. The third-order valence-electron chi connectivity index (χ3n) is 5.10. The Hall–Kier alpha value is -2.71. The maximum Gasteiger partial charge on any atom is 0.325 e. The fraction of sp³-hybridized carbons (Fsp3) is 0.333. The van der Waals surface area contributed by atoms with E-state index in [9.17, 15) is 18.0 Å². The summed E-state index contributed by atoms with van der Waals surface area (Å²) in [6.07, 6.45) is -0.991. The van der Waals surface area contributed by atoms with E-state index in [1.165, 1.54) is 6.92 Å². The lowest BCUT2D eigenvalue weighted by Crippen LogP contribution is -2.50. The third kappa shape index (κ3) is 4.18. The minimum Gasteiger partial charge on any atom is -0.451 e. The Labute approximate surface area is 170 Å². The van der Waals surface area contributed by atoms with Gasteiger partial charge in [-0.25, -0.2) is 8.42 Å². The predicted molar refractivity (Wildman–Crippen MR) is 107 cm³/mol. The molecule has 3 rings (SSSR count). The number of sulfonamides is 1. The average molecular weight is 416 g/mol. The number of ether oxygens (including phenoxy) is 1. The summed E-state index contributed by atoms with van der Waals surface area (Å²) in [5.74, 6) is -1.59. The highest BCUT2D eigenvalue weighted by molar-refractivity contribution is 7.89. The lowest BCUT2D eigenvalue weighted by molar-refractivity contribution is -0.157. The first-order chi connectivity index (χ1) is 13.6. The molecular formula is C21H24N2O5S. The van der Waals surface area contributed by atoms with Crippen molar-refractivity contribution in [1.82, 2.24) is 4.31 Å². The van der Waals surface area contributed by atoms with Crippen LogP contribution in [0.4, 0.5) is 0 Å². The van der Waals surface area contributed by atoms with Gasteiger partial charge in [-0.2, -0.15) is 4.31 Å². The first-order valence-corrected chi connectivity index (χ1v) is 10.7. The fourth-order valence-electron chi connectivity index (χ4n) is 3.37. The Bertz CT molecular complexity index is 1060. The minimum atomic E-state index is -3.99. The van der Waals surface area contributed by atoms with Gasteiger partial charge in [-0.3, -0.25) is 9.59 Å². The van der Waals surface area contributed by atoms with Crippen LogP contribution in [0.15, 0.2) is 47.4 Å². The zero-order valence-electron chi connectivity index (χ0n) is 16.6. The Balaban J connectivity index is 2.06. The van der Waals surface area contributed by atoms with Gasteiger partial charge in [0.2, 0.25) is 10.0 Å². The van der Waals surface area contributed by atoms with Crippen molar-refractivity contribution in [3.63, 3.8) is 0 Å². The average Bonchev–Trinajstić information content (AvgIpc) is 2.68. The number of aryl methyl sites for hydroxylation is 2. The number of hydrogen-bond donors (Lipinski definition) is 1. The SMILES string of the molecule is Cc1ccc(C)c(S(=O)(=O)N2Cc3ccccc3CC2C(=O)OC(C)C(N)=O)c1. The van der Waals surface area contributed by atoms with Crippen molar-refractivity contribution < 1.29 is 22.7 Å². The highest BCUT2D eigenvalue weighted by atomic mass is 32.2. The van der Waals surface area contributed by atoms with Crippen LogP contribution in [-0.2, 0) is 37.3 Å². The van der Waals surface area contributed by atoms with E-state index in [1.54, 1.807) is 19.1 Å². The van der Waals surface area contributed by atoms with Crippen molar-refractivity contribution >= 4 is 21.9 Å². The molecule has 0 aliphatic carbocycles. The first-order valence-electron chi connectivity index (χ1n) is 9.27. The monoisotopic (exact) mass is 416 g/mol. The molecule has 0 bridgehead atoms. The summed E-state index contributed by atoms with van der Waals surface area (Å²) < 4.78 is 33.4. The van der Waals surface area contributed by atoms with E-state index in [4.69, 9.17) is 10.5 Å². The minimum absolute atomic E-state index is 0.0383. The quantitative estimate of drug-likeness (QED) is 0.749. The van der Waals surface area contributed by atoms with Gasteiger partial charge in [0.25, 0.3) is 5.91 Å². The van der Waals surface area contributed by atoms with Crippen LogP contribution in [0.2, 0.25) is 0 Å².